The maximum atomic E-state index is 13.5. The number of piperazine rings is 1. The summed E-state index contributed by atoms with van der Waals surface area (Å²) in [6.07, 6.45) is 2.79. The molecule has 3 fully saturated rings. The molecule has 1 amide bonds. The first-order valence-electron chi connectivity index (χ1n) is 9.53. The Kier molecular flexibility index (Phi) is 4.58. The fraction of sp³-hybridized carbons (Fsp3) is 0.600. The van der Waals surface area contributed by atoms with E-state index >= 15 is 0 Å². The Morgan fingerprint density at radius 1 is 1.38 bits per heavy atom. The predicted octanol–water partition coefficient (Wildman–Crippen LogP) is 2.24. The number of fused-ring (bicyclic) bond motifs is 2. The summed E-state index contributed by atoms with van der Waals surface area (Å²) in [5.74, 6) is -0.177. The van der Waals surface area contributed by atoms with Crippen LogP contribution in [0.2, 0.25) is 0 Å². The van der Waals surface area contributed by atoms with Crippen LogP contribution >= 0.6 is 0 Å². The average Bonchev–Trinajstić information content (AvgIpc) is 3.35. The lowest BCUT2D eigenvalue weighted by molar-refractivity contribution is -0.135. The number of rotatable bonds is 4. The zero-order chi connectivity index (χ0) is 18.3. The molecule has 0 aromatic heterocycles. The molecule has 0 aliphatic carbocycles. The Labute approximate surface area is 154 Å². The minimum atomic E-state index is -0.247. The maximum Gasteiger partial charge on any atom is 0.227 e. The first-order valence-corrected chi connectivity index (χ1v) is 9.53. The number of nitrogens with zero attached hydrogens (tertiary/aromatic N) is 4. The van der Waals surface area contributed by atoms with Crippen molar-refractivity contribution in [1.82, 2.24) is 9.80 Å². The second kappa shape index (κ2) is 6.88. The molecule has 2 bridgehead atoms. The van der Waals surface area contributed by atoms with Crippen LogP contribution in [0.15, 0.2) is 24.3 Å². The van der Waals surface area contributed by atoms with Crippen molar-refractivity contribution in [3.8, 4) is 6.07 Å². The molecule has 3 aliphatic rings. The van der Waals surface area contributed by atoms with Gasteiger partial charge in [-0.2, -0.15) is 5.26 Å². The quantitative estimate of drug-likeness (QED) is 0.830. The second-order valence-electron chi connectivity index (χ2n) is 7.85. The maximum absolute atomic E-state index is 13.5. The van der Waals surface area contributed by atoms with Crippen LogP contribution in [-0.2, 0) is 4.79 Å². The first-order chi connectivity index (χ1) is 12.6. The molecule has 0 N–H and O–H groups in total. The Morgan fingerprint density at radius 2 is 2.23 bits per heavy atom. The highest BCUT2D eigenvalue weighted by Crippen LogP contribution is 2.35. The Morgan fingerprint density at radius 3 is 2.92 bits per heavy atom. The van der Waals surface area contributed by atoms with E-state index in [9.17, 15) is 14.4 Å². The van der Waals surface area contributed by atoms with E-state index in [2.05, 4.69) is 15.9 Å². The Balaban J connectivity index is 1.36. The van der Waals surface area contributed by atoms with Crippen LogP contribution in [0.25, 0.3) is 0 Å². The molecule has 3 aliphatic heterocycles. The fourth-order valence-corrected chi connectivity index (χ4v) is 4.82. The molecule has 0 spiro atoms. The number of amides is 1. The van der Waals surface area contributed by atoms with Crippen LogP contribution in [0.5, 0.6) is 0 Å². The summed E-state index contributed by atoms with van der Waals surface area (Å²) in [6.45, 7) is 5.23. The molecule has 5 nitrogen and oxygen atoms in total. The highest BCUT2D eigenvalue weighted by molar-refractivity contribution is 5.79. The van der Waals surface area contributed by atoms with Gasteiger partial charge in [-0.3, -0.25) is 9.69 Å². The molecule has 138 valence electrons. The number of halogens is 1. The number of hydrogen-bond acceptors (Lipinski definition) is 4. The van der Waals surface area contributed by atoms with Crippen molar-refractivity contribution in [3.05, 3.63) is 30.1 Å². The predicted molar refractivity (Wildman–Crippen MR) is 97.0 cm³/mol. The van der Waals surface area contributed by atoms with Crippen molar-refractivity contribution in [2.45, 2.75) is 44.3 Å². The molecule has 1 aromatic rings. The van der Waals surface area contributed by atoms with Gasteiger partial charge in [0.15, 0.2) is 0 Å². The zero-order valence-corrected chi connectivity index (χ0v) is 15.1. The van der Waals surface area contributed by atoms with E-state index in [0.29, 0.717) is 18.6 Å². The number of nitriles is 1. The number of anilines is 1. The van der Waals surface area contributed by atoms with Crippen molar-refractivity contribution in [2.75, 3.05) is 31.1 Å². The topological polar surface area (TPSA) is 50.6 Å². The molecule has 0 unspecified atom stereocenters. The van der Waals surface area contributed by atoms with E-state index in [1.165, 1.54) is 6.07 Å². The standard InChI is InChI=1S/C20H25FN4O/c1-14(20(26)24-7-3-6-17(24)10-22)11-23-12-19-9-18(23)13-25(19)16-5-2-4-15(21)8-16/h2,4-5,8,14,17-19H,3,6-7,9,11-13H2,1H3/t14-,17-,18-,19-/m0/s1. The van der Waals surface area contributed by atoms with Gasteiger partial charge in [0, 0.05) is 49.9 Å². The monoisotopic (exact) mass is 356 g/mol. The Hall–Kier alpha value is -2.13. The number of carbonyl (C=O) groups is 1. The van der Waals surface area contributed by atoms with E-state index in [-0.39, 0.29) is 23.7 Å². The van der Waals surface area contributed by atoms with Gasteiger partial charge in [0.2, 0.25) is 5.91 Å². The third kappa shape index (κ3) is 3.05. The number of benzene rings is 1. The van der Waals surface area contributed by atoms with Crippen LogP contribution < -0.4 is 4.90 Å². The number of carbonyl (C=O) groups excluding carboxylic acids is 1. The summed E-state index contributed by atoms with van der Waals surface area (Å²) in [5.41, 5.74) is 0.954. The minimum Gasteiger partial charge on any atom is -0.366 e. The minimum absolute atomic E-state index is 0.0917. The molecular formula is C20H25FN4O. The van der Waals surface area contributed by atoms with Crippen molar-refractivity contribution < 1.29 is 9.18 Å². The fourth-order valence-electron chi connectivity index (χ4n) is 4.82. The number of likely N-dealkylation sites (tertiary alicyclic amines) is 2. The van der Waals surface area contributed by atoms with Gasteiger partial charge in [0.05, 0.1) is 6.07 Å². The molecule has 26 heavy (non-hydrogen) atoms. The SMILES string of the molecule is C[C@@H](CN1C[C@@H]2C[C@H]1CN2c1cccc(F)c1)C(=O)N1CCC[C@H]1C#N. The average molecular weight is 356 g/mol. The first kappa shape index (κ1) is 17.3. The normalized spacial score (nSPS) is 29.2. The molecule has 1 aromatic carbocycles. The van der Waals surface area contributed by atoms with Gasteiger partial charge in [0.1, 0.15) is 11.9 Å². The molecule has 4 atom stereocenters. The van der Waals surface area contributed by atoms with Crippen molar-refractivity contribution in [2.24, 2.45) is 5.92 Å². The zero-order valence-electron chi connectivity index (χ0n) is 15.1. The summed E-state index contributed by atoms with van der Waals surface area (Å²) in [6, 6.07) is 9.63. The molecule has 4 rings (SSSR count). The van der Waals surface area contributed by atoms with E-state index < -0.39 is 0 Å². The van der Waals surface area contributed by atoms with Crippen LogP contribution in [0, 0.1) is 23.1 Å². The highest BCUT2D eigenvalue weighted by atomic mass is 19.1. The Bertz CT molecular complexity index is 733. The summed E-state index contributed by atoms with van der Waals surface area (Å²) >= 11 is 0. The van der Waals surface area contributed by atoms with Crippen LogP contribution in [0.4, 0.5) is 10.1 Å². The summed E-state index contributed by atoms with van der Waals surface area (Å²) in [5, 5.41) is 9.21. The summed E-state index contributed by atoms with van der Waals surface area (Å²) in [4.78, 5) is 19.2. The van der Waals surface area contributed by atoms with E-state index in [4.69, 9.17) is 0 Å². The lowest BCUT2D eigenvalue weighted by atomic mass is 10.1. The van der Waals surface area contributed by atoms with Gasteiger partial charge in [0.25, 0.3) is 0 Å². The van der Waals surface area contributed by atoms with Crippen molar-refractivity contribution >= 4 is 11.6 Å². The molecule has 6 heteroatoms. The molecule has 0 saturated carbocycles. The largest absolute Gasteiger partial charge is 0.366 e. The van der Waals surface area contributed by atoms with Crippen LogP contribution in [-0.4, -0.2) is 60.0 Å². The van der Waals surface area contributed by atoms with Gasteiger partial charge in [-0.15, -0.1) is 0 Å². The van der Waals surface area contributed by atoms with Crippen molar-refractivity contribution in [1.29, 1.82) is 5.26 Å². The second-order valence-corrected chi connectivity index (χ2v) is 7.85. The smallest absolute Gasteiger partial charge is 0.227 e. The number of hydrogen-bond donors (Lipinski definition) is 0. The van der Waals surface area contributed by atoms with E-state index in [0.717, 1.165) is 44.6 Å². The third-order valence-electron chi connectivity index (χ3n) is 6.11. The molecule has 3 heterocycles. The molecular weight excluding hydrogens is 331 g/mol. The summed E-state index contributed by atoms with van der Waals surface area (Å²) in [7, 11) is 0. The van der Waals surface area contributed by atoms with Gasteiger partial charge in [-0.25, -0.2) is 4.39 Å². The molecule has 3 saturated heterocycles. The van der Waals surface area contributed by atoms with E-state index in [1.807, 2.05) is 13.0 Å². The van der Waals surface area contributed by atoms with E-state index in [1.54, 1.807) is 17.0 Å². The van der Waals surface area contributed by atoms with Crippen LogP contribution in [0.1, 0.15) is 26.2 Å². The lowest BCUT2D eigenvalue weighted by Gasteiger charge is -2.37. The summed E-state index contributed by atoms with van der Waals surface area (Å²) < 4.78 is 13.5. The van der Waals surface area contributed by atoms with Gasteiger partial charge < -0.3 is 9.80 Å². The molecule has 0 radical (unpaired) electrons. The van der Waals surface area contributed by atoms with Crippen molar-refractivity contribution in [3.63, 3.8) is 0 Å². The van der Waals surface area contributed by atoms with Gasteiger partial charge >= 0.3 is 0 Å². The lowest BCUT2D eigenvalue weighted by Crippen LogP contribution is -2.49. The highest BCUT2D eigenvalue weighted by Gasteiger charge is 2.44. The van der Waals surface area contributed by atoms with Crippen LogP contribution in [0.3, 0.4) is 0 Å². The van der Waals surface area contributed by atoms with Gasteiger partial charge in [-0.1, -0.05) is 13.0 Å². The third-order valence-corrected chi connectivity index (χ3v) is 6.11. The van der Waals surface area contributed by atoms with Gasteiger partial charge in [-0.05, 0) is 37.5 Å².